The van der Waals surface area contributed by atoms with E-state index in [-0.39, 0.29) is 12.1 Å². The third kappa shape index (κ3) is 2.16. The van der Waals surface area contributed by atoms with Crippen LogP contribution < -0.4 is 0 Å². The number of nitrogens with zero attached hydrogens (tertiary/aromatic N) is 1. The van der Waals surface area contributed by atoms with E-state index in [1.807, 2.05) is 42.6 Å². The number of ether oxygens (including phenoxy) is 1. The smallest absolute Gasteiger partial charge is 0.414 e. The van der Waals surface area contributed by atoms with Crippen molar-refractivity contribution in [3.05, 3.63) is 60.3 Å². The van der Waals surface area contributed by atoms with Crippen LogP contribution >= 0.6 is 0 Å². The van der Waals surface area contributed by atoms with Crippen molar-refractivity contribution in [2.75, 3.05) is 0 Å². The molecular formula is C15H15NO2. The maximum atomic E-state index is 12.0. The van der Waals surface area contributed by atoms with Gasteiger partial charge in [0.2, 0.25) is 0 Å². The zero-order valence-corrected chi connectivity index (χ0v) is 10.0. The summed E-state index contributed by atoms with van der Waals surface area (Å²) in [6.07, 6.45) is 8.82. The first-order valence-corrected chi connectivity index (χ1v) is 6.18. The number of allylic oxidation sites excluding steroid dienone is 2. The highest BCUT2D eigenvalue weighted by Crippen LogP contribution is 2.28. The Kier molecular flexibility index (Phi) is 2.89. The van der Waals surface area contributed by atoms with Gasteiger partial charge in [-0.25, -0.2) is 4.79 Å². The molecule has 0 spiro atoms. The second-order valence-electron chi connectivity index (χ2n) is 4.64. The van der Waals surface area contributed by atoms with Gasteiger partial charge in [-0.2, -0.15) is 0 Å². The van der Waals surface area contributed by atoms with Gasteiger partial charge >= 0.3 is 6.09 Å². The van der Waals surface area contributed by atoms with Crippen LogP contribution in [-0.4, -0.2) is 17.0 Å². The second-order valence-corrected chi connectivity index (χ2v) is 4.64. The zero-order chi connectivity index (χ0) is 12.4. The summed E-state index contributed by atoms with van der Waals surface area (Å²) in [5, 5.41) is 0. The predicted octanol–water partition coefficient (Wildman–Crippen LogP) is 3.10. The van der Waals surface area contributed by atoms with E-state index in [1.54, 1.807) is 4.90 Å². The number of hydrogen-bond donors (Lipinski definition) is 0. The summed E-state index contributed by atoms with van der Waals surface area (Å²) in [6, 6.07) is 9.89. The maximum absolute atomic E-state index is 12.0. The first-order chi connectivity index (χ1) is 8.83. The third-order valence-corrected chi connectivity index (χ3v) is 3.36. The van der Waals surface area contributed by atoms with Crippen LogP contribution in [0.5, 0.6) is 0 Å². The molecule has 1 amide bonds. The van der Waals surface area contributed by atoms with Gasteiger partial charge < -0.3 is 4.74 Å². The lowest BCUT2D eigenvalue weighted by Crippen LogP contribution is -2.36. The van der Waals surface area contributed by atoms with E-state index >= 15 is 0 Å². The standard InChI is InChI=1S/C15H15NO2/c17-15(18-11-13-4-2-1-3-5-13)16-9-8-12-6-7-14(16)10-12/h1-9,12,14H,10-11H2. The monoisotopic (exact) mass is 241 g/mol. The highest BCUT2D eigenvalue weighted by molar-refractivity contribution is 5.70. The fourth-order valence-electron chi connectivity index (χ4n) is 2.36. The van der Waals surface area contributed by atoms with Crippen molar-refractivity contribution in [2.45, 2.75) is 19.1 Å². The Bertz CT molecular complexity index is 492. The lowest BCUT2D eigenvalue weighted by molar-refractivity contribution is 0.101. The molecule has 3 heteroatoms. The number of fused-ring (bicyclic) bond motifs is 2. The molecule has 18 heavy (non-hydrogen) atoms. The molecule has 0 N–H and O–H groups in total. The minimum absolute atomic E-state index is 0.170. The summed E-state index contributed by atoms with van der Waals surface area (Å²) in [5.74, 6) is 0.494. The first-order valence-electron chi connectivity index (χ1n) is 6.18. The molecule has 2 atom stereocenters. The number of carbonyl (C=O) groups is 1. The normalized spacial score (nSPS) is 24.3. The van der Waals surface area contributed by atoms with Crippen LogP contribution in [0.15, 0.2) is 54.8 Å². The van der Waals surface area contributed by atoms with Gasteiger partial charge in [0.05, 0.1) is 6.04 Å². The van der Waals surface area contributed by atoms with Gasteiger partial charge in [0.25, 0.3) is 0 Å². The van der Waals surface area contributed by atoms with Crippen molar-refractivity contribution >= 4 is 6.09 Å². The van der Waals surface area contributed by atoms with Gasteiger partial charge in [0.15, 0.2) is 0 Å². The molecule has 2 aliphatic rings. The number of hydrogen-bond acceptors (Lipinski definition) is 2. The van der Waals surface area contributed by atoms with Gasteiger partial charge in [-0.05, 0) is 17.9 Å². The van der Waals surface area contributed by atoms with Gasteiger partial charge in [0.1, 0.15) is 6.61 Å². The number of benzene rings is 1. The molecule has 2 bridgehead atoms. The van der Waals surface area contributed by atoms with Crippen molar-refractivity contribution in [3.63, 3.8) is 0 Å². The molecule has 0 radical (unpaired) electrons. The van der Waals surface area contributed by atoms with E-state index in [0.717, 1.165) is 12.0 Å². The summed E-state index contributed by atoms with van der Waals surface area (Å²) in [6.45, 7) is 0.323. The summed E-state index contributed by atoms with van der Waals surface area (Å²) >= 11 is 0. The lowest BCUT2D eigenvalue weighted by Gasteiger charge is -2.27. The summed E-state index contributed by atoms with van der Waals surface area (Å²) in [4.78, 5) is 13.6. The van der Waals surface area contributed by atoms with Gasteiger partial charge in [-0.1, -0.05) is 48.6 Å². The summed E-state index contributed by atoms with van der Waals surface area (Å²) in [5.41, 5.74) is 1.01. The van der Waals surface area contributed by atoms with Crippen LogP contribution in [0.25, 0.3) is 0 Å². The van der Waals surface area contributed by atoms with Crippen molar-refractivity contribution in [2.24, 2.45) is 5.92 Å². The van der Waals surface area contributed by atoms with Crippen LogP contribution in [0.3, 0.4) is 0 Å². The lowest BCUT2D eigenvalue weighted by atomic mass is 10.0. The van der Waals surface area contributed by atoms with E-state index in [2.05, 4.69) is 12.2 Å². The Morgan fingerprint density at radius 3 is 2.89 bits per heavy atom. The molecule has 3 rings (SSSR count). The van der Waals surface area contributed by atoms with Crippen LogP contribution in [0, 0.1) is 5.92 Å². The van der Waals surface area contributed by atoms with Crippen LogP contribution in [0.1, 0.15) is 12.0 Å². The van der Waals surface area contributed by atoms with Crippen molar-refractivity contribution in [1.29, 1.82) is 0 Å². The molecular weight excluding hydrogens is 226 g/mol. The van der Waals surface area contributed by atoms with E-state index in [0.29, 0.717) is 12.5 Å². The molecule has 0 aromatic heterocycles. The topological polar surface area (TPSA) is 29.5 Å². The molecule has 1 heterocycles. The molecule has 2 unspecified atom stereocenters. The highest BCUT2D eigenvalue weighted by Gasteiger charge is 2.30. The average molecular weight is 241 g/mol. The highest BCUT2D eigenvalue weighted by atomic mass is 16.6. The largest absolute Gasteiger partial charge is 0.444 e. The second kappa shape index (κ2) is 4.69. The van der Waals surface area contributed by atoms with Crippen molar-refractivity contribution in [1.82, 2.24) is 4.90 Å². The van der Waals surface area contributed by atoms with Crippen LogP contribution in [0.2, 0.25) is 0 Å². The van der Waals surface area contributed by atoms with Gasteiger partial charge in [-0.15, -0.1) is 0 Å². The molecule has 0 saturated heterocycles. The minimum atomic E-state index is -0.273. The molecule has 1 aliphatic carbocycles. The average Bonchev–Trinajstić information content (AvgIpc) is 2.79. The Hall–Kier alpha value is -2.03. The Morgan fingerprint density at radius 2 is 2.06 bits per heavy atom. The fraction of sp³-hybridized carbons (Fsp3) is 0.267. The Labute approximate surface area is 106 Å². The zero-order valence-electron chi connectivity index (χ0n) is 10.0. The quantitative estimate of drug-likeness (QED) is 0.745. The minimum Gasteiger partial charge on any atom is -0.444 e. The van der Waals surface area contributed by atoms with E-state index in [1.165, 1.54) is 0 Å². The molecule has 3 nitrogen and oxygen atoms in total. The van der Waals surface area contributed by atoms with Gasteiger partial charge in [0, 0.05) is 6.20 Å². The number of carbonyl (C=O) groups excluding carboxylic acids is 1. The van der Waals surface area contributed by atoms with E-state index in [9.17, 15) is 4.79 Å². The Balaban J connectivity index is 1.60. The fourth-order valence-corrected chi connectivity index (χ4v) is 2.36. The SMILES string of the molecule is O=C(OCc1ccccc1)N1C=CC2C=CC1C2. The van der Waals surface area contributed by atoms with Crippen molar-refractivity contribution < 1.29 is 9.53 Å². The van der Waals surface area contributed by atoms with Crippen LogP contribution in [-0.2, 0) is 11.3 Å². The van der Waals surface area contributed by atoms with Crippen LogP contribution in [0.4, 0.5) is 4.79 Å². The first kappa shape index (κ1) is 11.1. The Morgan fingerprint density at radius 1 is 1.22 bits per heavy atom. The van der Waals surface area contributed by atoms with Gasteiger partial charge in [-0.3, -0.25) is 4.90 Å². The van der Waals surface area contributed by atoms with E-state index in [4.69, 9.17) is 4.74 Å². The summed E-state index contributed by atoms with van der Waals surface area (Å²) < 4.78 is 5.32. The number of amides is 1. The predicted molar refractivity (Wildman–Crippen MR) is 68.6 cm³/mol. The molecule has 1 aromatic rings. The molecule has 1 aromatic carbocycles. The molecule has 92 valence electrons. The molecule has 1 aliphatic heterocycles. The number of rotatable bonds is 2. The van der Waals surface area contributed by atoms with Crippen molar-refractivity contribution in [3.8, 4) is 0 Å². The molecule has 0 saturated carbocycles. The summed E-state index contributed by atoms with van der Waals surface area (Å²) in [7, 11) is 0. The third-order valence-electron chi connectivity index (χ3n) is 3.36. The maximum Gasteiger partial charge on any atom is 0.414 e. The van der Waals surface area contributed by atoms with E-state index < -0.39 is 0 Å². The molecule has 0 fully saturated rings.